The zero-order chi connectivity index (χ0) is 9.84. The summed E-state index contributed by atoms with van der Waals surface area (Å²) in [4.78, 5) is 14.5. The molecular weight excluding hydrogens is 240 g/mol. The Morgan fingerprint density at radius 1 is 1.85 bits per heavy atom. The highest BCUT2D eigenvalue weighted by atomic mass is 79.9. The SMILES string of the molecule is NC(CCC(=O)O)c1coc(Br)n1. The van der Waals surface area contributed by atoms with E-state index in [2.05, 4.69) is 20.9 Å². The number of nitrogens with two attached hydrogens (primary N) is 1. The molecular formula is C7H9BrN2O3. The normalized spacial score (nSPS) is 12.8. The van der Waals surface area contributed by atoms with Crippen molar-refractivity contribution in [2.75, 3.05) is 0 Å². The molecule has 5 nitrogen and oxygen atoms in total. The zero-order valence-electron chi connectivity index (χ0n) is 6.74. The molecule has 0 aliphatic heterocycles. The minimum atomic E-state index is -0.863. The molecule has 0 aliphatic carbocycles. The van der Waals surface area contributed by atoms with Crippen molar-refractivity contribution in [2.45, 2.75) is 18.9 Å². The molecule has 1 aromatic heterocycles. The second-order valence-corrected chi connectivity index (χ2v) is 3.24. The Kier molecular flexibility index (Phi) is 3.44. The number of hydrogen-bond donors (Lipinski definition) is 2. The van der Waals surface area contributed by atoms with Gasteiger partial charge in [-0.1, -0.05) is 0 Å². The minimum absolute atomic E-state index is 0.0334. The number of oxazole rings is 1. The smallest absolute Gasteiger partial charge is 0.303 e. The Hall–Kier alpha value is -0.880. The van der Waals surface area contributed by atoms with Crippen LogP contribution in [0.1, 0.15) is 24.6 Å². The number of carboxylic acid groups (broad SMARTS) is 1. The van der Waals surface area contributed by atoms with Crippen LogP contribution in [0.2, 0.25) is 0 Å². The average Bonchev–Trinajstić information content (AvgIpc) is 2.47. The highest BCUT2D eigenvalue weighted by molar-refractivity contribution is 9.10. The molecule has 0 aromatic carbocycles. The summed E-state index contributed by atoms with van der Waals surface area (Å²) in [5.74, 6) is -0.863. The predicted octanol–water partition coefficient (Wildman–Crippen LogP) is 1.30. The average molecular weight is 249 g/mol. The van der Waals surface area contributed by atoms with Crippen LogP contribution in [0.5, 0.6) is 0 Å². The number of aromatic nitrogens is 1. The van der Waals surface area contributed by atoms with Crippen LogP contribution in [0.4, 0.5) is 0 Å². The summed E-state index contributed by atoms with van der Waals surface area (Å²) in [6.07, 6.45) is 1.80. The van der Waals surface area contributed by atoms with Gasteiger partial charge in [-0.05, 0) is 6.42 Å². The van der Waals surface area contributed by atoms with E-state index in [1.165, 1.54) is 6.26 Å². The molecule has 0 bridgehead atoms. The molecule has 1 rings (SSSR count). The van der Waals surface area contributed by atoms with Gasteiger partial charge in [0.25, 0.3) is 4.80 Å². The topological polar surface area (TPSA) is 89.4 Å². The van der Waals surface area contributed by atoms with Gasteiger partial charge in [0.15, 0.2) is 0 Å². The van der Waals surface area contributed by atoms with Crippen LogP contribution in [0.15, 0.2) is 15.5 Å². The van der Waals surface area contributed by atoms with E-state index in [9.17, 15) is 4.79 Å². The molecule has 0 aliphatic rings. The van der Waals surface area contributed by atoms with E-state index >= 15 is 0 Å². The van der Waals surface area contributed by atoms with Crippen LogP contribution in [0.3, 0.4) is 0 Å². The van der Waals surface area contributed by atoms with Crippen LogP contribution < -0.4 is 5.73 Å². The highest BCUT2D eigenvalue weighted by Crippen LogP contribution is 2.17. The molecule has 0 fully saturated rings. The number of carboxylic acids is 1. The fourth-order valence-corrected chi connectivity index (χ4v) is 1.16. The lowest BCUT2D eigenvalue weighted by Gasteiger charge is -2.04. The van der Waals surface area contributed by atoms with Gasteiger partial charge in [-0.2, -0.15) is 0 Å². The van der Waals surface area contributed by atoms with E-state index in [4.69, 9.17) is 15.3 Å². The number of nitrogens with zero attached hydrogens (tertiary/aromatic N) is 1. The number of hydrogen-bond acceptors (Lipinski definition) is 4. The van der Waals surface area contributed by atoms with E-state index in [1.54, 1.807) is 0 Å². The number of aliphatic carboxylic acids is 1. The summed E-state index contributed by atoms with van der Waals surface area (Å²) in [7, 11) is 0. The van der Waals surface area contributed by atoms with Crippen molar-refractivity contribution < 1.29 is 14.3 Å². The number of rotatable bonds is 4. The molecule has 1 atom stereocenters. The van der Waals surface area contributed by atoms with Gasteiger partial charge >= 0.3 is 5.97 Å². The Labute approximate surface area is 83.1 Å². The third-order valence-corrected chi connectivity index (χ3v) is 1.91. The lowest BCUT2D eigenvalue weighted by Crippen LogP contribution is -2.12. The molecule has 0 radical (unpaired) electrons. The molecule has 1 unspecified atom stereocenters. The van der Waals surface area contributed by atoms with Crippen molar-refractivity contribution >= 4 is 21.9 Å². The monoisotopic (exact) mass is 248 g/mol. The Morgan fingerprint density at radius 2 is 2.54 bits per heavy atom. The first-order valence-corrected chi connectivity index (χ1v) is 4.47. The van der Waals surface area contributed by atoms with Gasteiger partial charge in [-0.3, -0.25) is 4.79 Å². The standard InChI is InChI=1S/C7H9BrN2O3/c8-7-10-5(3-13-7)4(9)1-2-6(11)12/h3-4H,1-2,9H2,(H,11,12). The molecule has 0 amide bonds. The first-order chi connectivity index (χ1) is 6.09. The van der Waals surface area contributed by atoms with Crippen molar-refractivity contribution in [3.8, 4) is 0 Å². The van der Waals surface area contributed by atoms with Crippen LogP contribution in [0, 0.1) is 0 Å². The maximum absolute atomic E-state index is 10.2. The zero-order valence-corrected chi connectivity index (χ0v) is 8.32. The van der Waals surface area contributed by atoms with Crippen LogP contribution in [0.25, 0.3) is 0 Å². The van der Waals surface area contributed by atoms with Crippen LogP contribution in [-0.4, -0.2) is 16.1 Å². The van der Waals surface area contributed by atoms with Gasteiger partial charge in [0.05, 0.1) is 11.7 Å². The van der Waals surface area contributed by atoms with Crippen LogP contribution >= 0.6 is 15.9 Å². The van der Waals surface area contributed by atoms with Gasteiger partial charge < -0.3 is 15.3 Å². The predicted molar refractivity (Wildman–Crippen MR) is 48.0 cm³/mol. The molecule has 1 aromatic rings. The van der Waals surface area contributed by atoms with E-state index in [1.807, 2.05) is 0 Å². The highest BCUT2D eigenvalue weighted by Gasteiger charge is 2.12. The summed E-state index contributed by atoms with van der Waals surface area (Å²) in [5.41, 5.74) is 6.21. The molecule has 1 heterocycles. The maximum atomic E-state index is 10.2. The second-order valence-electron chi connectivity index (χ2n) is 2.56. The molecule has 13 heavy (non-hydrogen) atoms. The summed E-state index contributed by atoms with van der Waals surface area (Å²) >= 11 is 3.03. The molecule has 0 saturated carbocycles. The van der Waals surface area contributed by atoms with Gasteiger partial charge in [-0.15, -0.1) is 0 Å². The van der Waals surface area contributed by atoms with Crippen molar-refractivity contribution in [1.82, 2.24) is 4.98 Å². The first kappa shape index (κ1) is 10.2. The van der Waals surface area contributed by atoms with E-state index in [0.29, 0.717) is 16.9 Å². The molecule has 6 heteroatoms. The summed E-state index contributed by atoms with van der Waals surface area (Å²) in [5, 5.41) is 8.41. The fraction of sp³-hybridized carbons (Fsp3) is 0.429. The Morgan fingerprint density at radius 3 is 3.00 bits per heavy atom. The summed E-state index contributed by atoms with van der Waals surface area (Å²) in [6, 6.07) is -0.383. The Balaban J connectivity index is 2.48. The fourth-order valence-electron chi connectivity index (χ4n) is 0.860. The third-order valence-electron chi connectivity index (χ3n) is 1.54. The molecule has 72 valence electrons. The van der Waals surface area contributed by atoms with Gasteiger partial charge in [-0.25, -0.2) is 4.98 Å². The van der Waals surface area contributed by atoms with E-state index in [0.717, 1.165) is 0 Å². The van der Waals surface area contributed by atoms with Crippen molar-refractivity contribution in [3.05, 3.63) is 16.8 Å². The first-order valence-electron chi connectivity index (χ1n) is 3.68. The third kappa shape index (κ3) is 3.16. The molecule has 3 N–H and O–H groups in total. The van der Waals surface area contributed by atoms with E-state index in [-0.39, 0.29) is 12.5 Å². The summed E-state index contributed by atoms with van der Waals surface area (Å²) < 4.78 is 4.87. The maximum Gasteiger partial charge on any atom is 0.303 e. The number of halogens is 1. The van der Waals surface area contributed by atoms with E-state index < -0.39 is 5.97 Å². The minimum Gasteiger partial charge on any atom is -0.481 e. The largest absolute Gasteiger partial charge is 0.481 e. The van der Waals surface area contributed by atoms with Gasteiger partial charge in [0, 0.05) is 22.4 Å². The summed E-state index contributed by atoms with van der Waals surface area (Å²) in [6.45, 7) is 0. The van der Waals surface area contributed by atoms with Crippen molar-refractivity contribution in [1.29, 1.82) is 0 Å². The lowest BCUT2D eigenvalue weighted by atomic mass is 10.1. The lowest BCUT2D eigenvalue weighted by molar-refractivity contribution is -0.137. The Bertz CT molecular complexity index is 300. The van der Waals surface area contributed by atoms with Crippen molar-refractivity contribution in [2.24, 2.45) is 5.73 Å². The quantitative estimate of drug-likeness (QED) is 0.839. The van der Waals surface area contributed by atoms with Gasteiger partial charge in [0.2, 0.25) is 0 Å². The number of carbonyl (C=O) groups is 1. The van der Waals surface area contributed by atoms with Crippen LogP contribution in [-0.2, 0) is 4.79 Å². The van der Waals surface area contributed by atoms with Crippen molar-refractivity contribution in [3.63, 3.8) is 0 Å². The molecule has 0 spiro atoms. The molecule has 0 saturated heterocycles. The van der Waals surface area contributed by atoms with Gasteiger partial charge in [0.1, 0.15) is 6.26 Å². The second kappa shape index (κ2) is 4.38.